The lowest BCUT2D eigenvalue weighted by molar-refractivity contribution is -0.114. The van der Waals surface area contributed by atoms with E-state index in [9.17, 15) is 4.79 Å². The molecule has 0 aliphatic rings. The SMILES string of the molecule is CC(=O)Nc1ccc(Nc2ncnc3[nH]c(C)cc23)cc1. The van der Waals surface area contributed by atoms with Gasteiger partial charge in [0.05, 0.1) is 5.39 Å². The van der Waals surface area contributed by atoms with Crippen LogP contribution in [0, 0.1) is 6.92 Å². The van der Waals surface area contributed by atoms with Gasteiger partial charge in [-0.3, -0.25) is 4.79 Å². The molecule has 2 aromatic heterocycles. The van der Waals surface area contributed by atoms with E-state index in [0.717, 1.165) is 33.9 Å². The van der Waals surface area contributed by atoms with Crippen LogP contribution in [0.15, 0.2) is 36.7 Å². The first kappa shape index (κ1) is 13.1. The van der Waals surface area contributed by atoms with Gasteiger partial charge in [0.15, 0.2) is 0 Å². The van der Waals surface area contributed by atoms with E-state index in [1.54, 1.807) is 0 Å². The van der Waals surface area contributed by atoms with E-state index >= 15 is 0 Å². The number of nitrogens with zero attached hydrogens (tertiary/aromatic N) is 2. The second-order valence-corrected chi connectivity index (χ2v) is 4.82. The van der Waals surface area contributed by atoms with Crippen molar-refractivity contribution in [3.8, 4) is 0 Å². The monoisotopic (exact) mass is 281 g/mol. The second kappa shape index (κ2) is 5.24. The van der Waals surface area contributed by atoms with E-state index in [1.165, 1.54) is 13.3 Å². The maximum Gasteiger partial charge on any atom is 0.221 e. The highest BCUT2D eigenvalue weighted by Gasteiger charge is 2.06. The zero-order valence-electron chi connectivity index (χ0n) is 11.8. The normalized spacial score (nSPS) is 10.6. The summed E-state index contributed by atoms with van der Waals surface area (Å²) in [5, 5.41) is 6.93. The van der Waals surface area contributed by atoms with E-state index in [-0.39, 0.29) is 5.91 Å². The van der Waals surface area contributed by atoms with Gasteiger partial charge in [-0.05, 0) is 37.3 Å². The third-order valence-electron chi connectivity index (χ3n) is 3.03. The molecule has 0 fully saturated rings. The Kier molecular flexibility index (Phi) is 3.27. The number of hydrogen-bond acceptors (Lipinski definition) is 4. The molecule has 2 heterocycles. The summed E-state index contributed by atoms with van der Waals surface area (Å²) in [5.74, 6) is 0.660. The topological polar surface area (TPSA) is 82.7 Å². The molecule has 3 aromatic rings. The predicted octanol–water partition coefficient (Wildman–Crippen LogP) is 2.97. The Morgan fingerprint density at radius 3 is 2.57 bits per heavy atom. The summed E-state index contributed by atoms with van der Waals surface area (Å²) >= 11 is 0. The number of amides is 1. The molecule has 0 spiro atoms. The van der Waals surface area contributed by atoms with Gasteiger partial charge in [0.2, 0.25) is 5.91 Å². The van der Waals surface area contributed by atoms with Crippen molar-refractivity contribution in [1.29, 1.82) is 0 Å². The van der Waals surface area contributed by atoms with Crippen LogP contribution in [0.25, 0.3) is 11.0 Å². The molecule has 0 unspecified atom stereocenters. The van der Waals surface area contributed by atoms with Gasteiger partial charge in [0.1, 0.15) is 17.8 Å². The fraction of sp³-hybridized carbons (Fsp3) is 0.133. The number of benzene rings is 1. The summed E-state index contributed by atoms with van der Waals surface area (Å²) in [7, 11) is 0. The number of H-pyrrole nitrogens is 1. The number of aromatic amines is 1. The van der Waals surface area contributed by atoms with Crippen LogP contribution in [0.5, 0.6) is 0 Å². The minimum absolute atomic E-state index is 0.0870. The molecule has 0 radical (unpaired) electrons. The molecule has 0 bridgehead atoms. The molecule has 3 N–H and O–H groups in total. The number of rotatable bonds is 3. The number of carbonyl (C=O) groups is 1. The van der Waals surface area contributed by atoms with E-state index in [4.69, 9.17) is 0 Å². The minimum Gasteiger partial charge on any atom is -0.343 e. The Hall–Kier alpha value is -2.89. The van der Waals surface area contributed by atoms with Crippen molar-refractivity contribution in [2.75, 3.05) is 10.6 Å². The molecular formula is C15H15N5O. The number of fused-ring (bicyclic) bond motifs is 1. The first-order valence-electron chi connectivity index (χ1n) is 6.57. The van der Waals surface area contributed by atoms with Crippen molar-refractivity contribution in [3.63, 3.8) is 0 Å². The van der Waals surface area contributed by atoms with Gasteiger partial charge in [-0.25, -0.2) is 9.97 Å². The van der Waals surface area contributed by atoms with Gasteiger partial charge in [0.25, 0.3) is 0 Å². The Morgan fingerprint density at radius 1 is 1.14 bits per heavy atom. The first-order valence-corrected chi connectivity index (χ1v) is 6.57. The van der Waals surface area contributed by atoms with Gasteiger partial charge in [-0.2, -0.15) is 0 Å². The summed E-state index contributed by atoms with van der Waals surface area (Å²) in [6.45, 7) is 3.46. The molecule has 6 heteroatoms. The maximum atomic E-state index is 11.0. The predicted molar refractivity (Wildman–Crippen MR) is 82.7 cm³/mol. The molecular weight excluding hydrogens is 266 g/mol. The lowest BCUT2D eigenvalue weighted by atomic mass is 10.2. The lowest BCUT2D eigenvalue weighted by Crippen LogP contribution is -2.05. The van der Waals surface area contributed by atoms with Gasteiger partial charge >= 0.3 is 0 Å². The van der Waals surface area contributed by atoms with Crippen LogP contribution in [0.3, 0.4) is 0 Å². The Labute approximate surface area is 121 Å². The standard InChI is InChI=1S/C15H15N5O/c1-9-7-13-14(18-9)16-8-17-15(13)20-12-5-3-11(4-6-12)19-10(2)21/h3-8H,1-2H3,(H,19,21)(H2,16,17,18,20). The number of carbonyl (C=O) groups excluding carboxylic acids is 1. The highest BCUT2D eigenvalue weighted by Crippen LogP contribution is 2.24. The second-order valence-electron chi connectivity index (χ2n) is 4.82. The molecule has 106 valence electrons. The number of anilines is 3. The van der Waals surface area contributed by atoms with Crippen molar-refractivity contribution in [2.45, 2.75) is 13.8 Å². The number of aryl methyl sites for hydroxylation is 1. The quantitative estimate of drug-likeness (QED) is 0.689. The molecule has 3 rings (SSSR count). The summed E-state index contributed by atoms with van der Waals surface area (Å²) < 4.78 is 0. The lowest BCUT2D eigenvalue weighted by Gasteiger charge is -2.07. The molecule has 0 atom stereocenters. The van der Waals surface area contributed by atoms with Crippen LogP contribution < -0.4 is 10.6 Å². The fourth-order valence-electron chi connectivity index (χ4n) is 2.15. The maximum absolute atomic E-state index is 11.0. The summed E-state index contributed by atoms with van der Waals surface area (Å²) in [6, 6.07) is 9.45. The van der Waals surface area contributed by atoms with E-state index in [1.807, 2.05) is 37.3 Å². The minimum atomic E-state index is -0.0870. The first-order chi connectivity index (χ1) is 10.1. The van der Waals surface area contributed by atoms with Gasteiger partial charge in [-0.15, -0.1) is 0 Å². The Bertz CT molecular complexity index is 791. The highest BCUT2D eigenvalue weighted by molar-refractivity contribution is 5.90. The Morgan fingerprint density at radius 2 is 1.86 bits per heavy atom. The van der Waals surface area contributed by atoms with Crippen LogP contribution in [0.4, 0.5) is 17.2 Å². The van der Waals surface area contributed by atoms with E-state index < -0.39 is 0 Å². The Balaban J connectivity index is 1.86. The average Bonchev–Trinajstić information content (AvgIpc) is 2.82. The smallest absolute Gasteiger partial charge is 0.221 e. The van der Waals surface area contributed by atoms with E-state index in [0.29, 0.717) is 0 Å². The van der Waals surface area contributed by atoms with Crippen LogP contribution in [0.1, 0.15) is 12.6 Å². The molecule has 0 saturated heterocycles. The van der Waals surface area contributed by atoms with Crippen molar-refractivity contribution in [2.24, 2.45) is 0 Å². The molecule has 6 nitrogen and oxygen atoms in total. The van der Waals surface area contributed by atoms with Crippen molar-refractivity contribution in [1.82, 2.24) is 15.0 Å². The zero-order chi connectivity index (χ0) is 14.8. The largest absolute Gasteiger partial charge is 0.343 e. The average molecular weight is 281 g/mol. The molecule has 1 aromatic carbocycles. The van der Waals surface area contributed by atoms with Crippen molar-refractivity contribution in [3.05, 3.63) is 42.4 Å². The van der Waals surface area contributed by atoms with Crippen molar-refractivity contribution < 1.29 is 4.79 Å². The highest BCUT2D eigenvalue weighted by atomic mass is 16.1. The molecule has 0 aliphatic carbocycles. The number of aromatic nitrogens is 3. The molecule has 0 saturated carbocycles. The molecule has 21 heavy (non-hydrogen) atoms. The van der Waals surface area contributed by atoms with E-state index in [2.05, 4.69) is 25.6 Å². The van der Waals surface area contributed by atoms with Crippen LogP contribution in [0.2, 0.25) is 0 Å². The fourth-order valence-corrected chi connectivity index (χ4v) is 2.15. The van der Waals surface area contributed by atoms with Gasteiger partial charge in [-0.1, -0.05) is 0 Å². The third-order valence-corrected chi connectivity index (χ3v) is 3.03. The summed E-state index contributed by atoms with van der Waals surface area (Å²) in [6.07, 6.45) is 1.52. The van der Waals surface area contributed by atoms with Crippen LogP contribution in [-0.4, -0.2) is 20.9 Å². The summed E-state index contributed by atoms with van der Waals surface area (Å²) in [4.78, 5) is 22.6. The van der Waals surface area contributed by atoms with Crippen molar-refractivity contribution >= 4 is 34.1 Å². The zero-order valence-corrected chi connectivity index (χ0v) is 11.8. The summed E-state index contributed by atoms with van der Waals surface area (Å²) in [5.41, 5.74) is 3.50. The van der Waals surface area contributed by atoms with Crippen LogP contribution in [-0.2, 0) is 4.79 Å². The number of nitrogens with one attached hydrogen (secondary N) is 3. The number of hydrogen-bond donors (Lipinski definition) is 3. The third kappa shape index (κ3) is 2.84. The molecule has 0 aliphatic heterocycles. The van der Waals surface area contributed by atoms with Gasteiger partial charge in [0, 0.05) is 24.0 Å². The van der Waals surface area contributed by atoms with Gasteiger partial charge < -0.3 is 15.6 Å². The molecule has 1 amide bonds. The van der Waals surface area contributed by atoms with Crippen LogP contribution >= 0.6 is 0 Å².